The van der Waals surface area contributed by atoms with E-state index < -0.39 is 0 Å². The minimum absolute atomic E-state index is 0.249. The molecule has 1 aromatic rings. The van der Waals surface area contributed by atoms with Crippen LogP contribution in [0.15, 0.2) is 16.2 Å². The molecule has 27 heavy (non-hydrogen) atoms. The number of rotatable bonds is 2. The molecule has 146 valence electrons. The van der Waals surface area contributed by atoms with E-state index in [4.69, 9.17) is 4.52 Å². The van der Waals surface area contributed by atoms with Gasteiger partial charge in [-0.25, -0.2) is 0 Å². The van der Waals surface area contributed by atoms with E-state index in [0.717, 1.165) is 36.0 Å². The molecule has 0 unspecified atom stereocenters. The lowest BCUT2D eigenvalue weighted by Crippen LogP contribution is -2.60. The van der Waals surface area contributed by atoms with Gasteiger partial charge in [0.25, 0.3) is 0 Å². The van der Waals surface area contributed by atoms with Crippen LogP contribution in [0.3, 0.4) is 0 Å². The first kappa shape index (κ1) is 17.5. The van der Waals surface area contributed by atoms with E-state index in [1.54, 1.807) is 5.57 Å². The highest BCUT2D eigenvalue weighted by atomic mass is 16.5. The zero-order chi connectivity index (χ0) is 18.5. The molecule has 4 heterocycles. The summed E-state index contributed by atoms with van der Waals surface area (Å²) in [5, 5.41) is 4.03. The lowest BCUT2D eigenvalue weighted by atomic mass is 9.68. The molecule has 3 saturated heterocycles. The topological polar surface area (TPSA) is 49.6 Å². The molecule has 0 aromatic carbocycles. The second-order valence-corrected chi connectivity index (χ2v) is 9.07. The summed E-state index contributed by atoms with van der Waals surface area (Å²) >= 11 is 0. The third kappa shape index (κ3) is 2.95. The van der Waals surface area contributed by atoms with E-state index in [2.05, 4.69) is 21.0 Å². The number of aromatic nitrogens is 1. The maximum absolute atomic E-state index is 13.3. The SMILES string of the molecule is Cc1noc(C)c1CC(=O)N1CCCC2=C[C@@H]3C[C@@H](CN4CCCC[C@H]34)[C@@H]21. The lowest BCUT2D eigenvalue weighted by Gasteiger charge is -2.54. The monoisotopic (exact) mass is 369 g/mol. The first-order chi connectivity index (χ1) is 13.1. The van der Waals surface area contributed by atoms with Crippen molar-refractivity contribution < 1.29 is 9.32 Å². The Morgan fingerprint density at radius 2 is 2.15 bits per heavy atom. The van der Waals surface area contributed by atoms with Gasteiger partial charge in [0.2, 0.25) is 5.91 Å². The van der Waals surface area contributed by atoms with E-state index in [-0.39, 0.29) is 5.91 Å². The van der Waals surface area contributed by atoms with Gasteiger partial charge in [-0.1, -0.05) is 23.2 Å². The maximum Gasteiger partial charge on any atom is 0.227 e. The van der Waals surface area contributed by atoms with E-state index >= 15 is 0 Å². The van der Waals surface area contributed by atoms with Crippen molar-refractivity contribution in [1.29, 1.82) is 0 Å². The molecule has 3 aliphatic heterocycles. The van der Waals surface area contributed by atoms with Gasteiger partial charge in [-0.2, -0.15) is 0 Å². The van der Waals surface area contributed by atoms with Crippen LogP contribution in [0.25, 0.3) is 0 Å². The van der Waals surface area contributed by atoms with Crippen molar-refractivity contribution in [2.24, 2.45) is 11.8 Å². The molecule has 2 bridgehead atoms. The van der Waals surface area contributed by atoms with Gasteiger partial charge in [0, 0.05) is 24.7 Å². The number of amides is 1. The second-order valence-electron chi connectivity index (χ2n) is 9.07. The summed E-state index contributed by atoms with van der Waals surface area (Å²) in [5.41, 5.74) is 3.38. The number of hydrogen-bond acceptors (Lipinski definition) is 4. The Hall–Kier alpha value is -1.62. The van der Waals surface area contributed by atoms with Gasteiger partial charge >= 0.3 is 0 Å². The number of carbonyl (C=O) groups excluding carboxylic acids is 1. The molecule has 1 aliphatic carbocycles. The number of likely N-dealkylation sites (tertiary alicyclic amines) is 1. The predicted octanol–water partition coefficient (Wildman–Crippen LogP) is 3.26. The molecule has 4 aliphatic rings. The van der Waals surface area contributed by atoms with Gasteiger partial charge in [0.05, 0.1) is 18.2 Å². The largest absolute Gasteiger partial charge is 0.361 e. The Kier molecular flexibility index (Phi) is 4.38. The van der Waals surface area contributed by atoms with Crippen LogP contribution in [0.5, 0.6) is 0 Å². The average molecular weight is 370 g/mol. The van der Waals surface area contributed by atoms with Crippen molar-refractivity contribution in [1.82, 2.24) is 15.0 Å². The van der Waals surface area contributed by atoms with Crippen molar-refractivity contribution in [2.45, 2.75) is 70.9 Å². The minimum atomic E-state index is 0.249. The molecule has 5 nitrogen and oxygen atoms in total. The van der Waals surface area contributed by atoms with Gasteiger partial charge in [0.15, 0.2) is 0 Å². The number of carbonyl (C=O) groups is 1. The smallest absolute Gasteiger partial charge is 0.227 e. The third-order valence-corrected chi connectivity index (χ3v) is 7.49. The minimum Gasteiger partial charge on any atom is -0.361 e. The fourth-order valence-electron chi connectivity index (χ4n) is 6.26. The van der Waals surface area contributed by atoms with E-state index in [1.165, 1.54) is 45.2 Å². The van der Waals surface area contributed by atoms with Crippen LogP contribution in [0.1, 0.15) is 55.5 Å². The average Bonchev–Trinajstić information content (AvgIpc) is 2.99. The van der Waals surface area contributed by atoms with Crippen molar-refractivity contribution in [2.75, 3.05) is 19.6 Å². The van der Waals surface area contributed by atoms with Crippen LogP contribution in [-0.2, 0) is 11.2 Å². The van der Waals surface area contributed by atoms with Crippen molar-refractivity contribution in [3.63, 3.8) is 0 Å². The third-order valence-electron chi connectivity index (χ3n) is 7.49. The molecular formula is C22H31N3O2. The highest BCUT2D eigenvalue weighted by Crippen LogP contribution is 2.45. The van der Waals surface area contributed by atoms with Gasteiger partial charge in [-0.3, -0.25) is 9.69 Å². The van der Waals surface area contributed by atoms with Crippen LogP contribution in [0, 0.1) is 25.7 Å². The zero-order valence-corrected chi connectivity index (χ0v) is 16.6. The number of nitrogens with zero attached hydrogens (tertiary/aromatic N) is 3. The zero-order valence-electron chi connectivity index (χ0n) is 16.6. The molecule has 0 saturated carbocycles. The molecule has 4 atom stereocenters. The van der Waals surface area contributed by atoms with E-state index in [0.29, 0.717) is 24.3 Å². The number of aryl methyl sites for hydroxylation is 2. The van der Waals surface area contributed by atoms with E-state index in [9.17, 15) is 4.79 Å². The highest BCUT2D eigenvalue weighted by Gasteiger charge is 2.46. The summed E-state index contributed by atoms with van der Waals surface area (Å²) in [7, 11) is 0. The van der Waals surface area contributed by atoms with Crippen molar-refractivity contribution in [3.05, 3.63) is 28.7 Å². The fourth-order valence-corrected chi connectivity index (χ4v) is 6.26. The second kappa shape index (κ2) is 6.77. The van der Waals surface area contributed by atoms with Crippen LogP contribution >= 0.6 is 0 Å². The molecule has 1 aromatic heterocycles. The molecule has 1 amide bonds. The molecule has 0 N–H and O–H groups in total. The molecule has 3 fully saturated rings. The summed E-state index contributed by atoms with van der Waals surface area (Å²) < 4.78 is 5.28. The standard InChI is InChI=1S/C22H31N3O2/c1-14-19(15(2)27-23-14)12-21(26)25-9-5-6-16-10-17-11-18(22(16)25)13-24-8-4-3-7-20(17)24/h10,17-18,20,22H,3-9,11-13H2,1-2H3/t17-,18+,20-,22-/m1/s1. The molecule has 0 radical (unpaired) electrons. The van der Waals surface area contributed by atoms with Crippen LogP contribution in [-0.4, -0.2) is 52.6 Å². The normalized spacial score (nSPS) is 33.3. The molecular weight excluding hydrogens is 338 g/mol. The van der Waals surface area contributed by atoms with Crippen molar-refractivity contribution in [3.8, 4) is 0 Å². The van der Waals surface area contributed by atoms with Crippen molar-refractivity contribution >= 4 is 5.91 Å². The summed E-state index contributed by atoms with van der Waals surface area (Å²) in [6.07, 6.45) is 10.6. The number of fused-ring (bicyclic) bond motifs is 6. The first-order valence-corrected chi connectivity index (χ1v) is 10.8. The number of hydrogen-bond donors (Lipinski definition) is 0. The first-order valence-electron chi connectivity index (χ1n) is 10.8. The number of piperidine rings is 3. The Balaban J connectivity index is 1.40. The summed E-state index contributed by atoms with van der Waals surface area (Å²) in [6.45, 7) is 7.17. The molecule has 5 heteroatoms. The highest BCUT2D eigenvalue weighted by molar-refractivity contribution is 5.80. The fraction of sp³-hybridized carbons (Fsp3) is 0.727. The van der Waals surface area contributed by atoms with Gasteiger partial charge in [-0.05, 0) is 64.3 Å². The van der Waals surface area contributed by atoms with Gasteiger partial charge < -0.3 is 9.42 Å². The maximum atomic E-state index is 13.3. The van der Waals surface area contributed by atoms with Gasteiger partial charge in [-0.15, -0.1) is 0 Å². The Bertz CT molecular complexity index is 748. The van der Waals surface area contributed by atoms with E-state index in [1.807, 2.05) is 13.8 Å². The predicted molar refractivity (Wildman–Crippen MR) is 103 cm³/mol. The summed E-state index contributed by atoms with van der Waals surface area (Å²) in [5.74, 6) is 2.36. The van der Waals surface area contributed by atoms with Gasteiger partial charge in [0.1, 0.15) is 5.76 Å². The molecule has 5 rings (SSSR count). The van der Waals surface area contributed by atoms with Crippen LogP contribution in [0.2, 0.25) is 0 Å². The quantitative estimate of drug-likeness (QED) is 0.751. The Morgan fingerprint density at radius 3 is 2.96 bits per heavy atom. The van der Waals surface area contributed by atoms with Crippen LogP contribution < -0.4 is 0 Å². The Labute approximate surface area is 161 Å². The van der Waals surface area contributed by atoms with Crippen LogP contribution in [0.4, 0.5) is 0 Å². The summed E-state index contributed by atoms with van der Waals surface area (Å²) in [4.78, 5) is 18.2. The summed E-state index contributed by atoms with van der Waals surface area (Å²) in [6, 6.07) is 1.09. The lowest BCUT2D eigenvalue weighted by molar-refractivity contribution is -0.135. The molecule has 0 spiro atoms. The Morgan fingerprint density at radius 1 is 1.26 bits per heavy atom.